The molecule has 3 nitrogen and oxygen atoms in total. The maximum absolute atomic E-state index is 12.9. The summed E-state index contributed by atoms with van der Waals surface area (Å²) in [6, 6.07) is 11.6. The molecule has 0 saturated carbocycles. The van der Waals surface area contributed by atoms with Crippen LogP contribution in [-0.4, -0.2) is 18.2 Å². The molecular weight excluding hydrogens is 305 g/mol. The highest BCUT2D eigenvalue weighted by atomic mass is 19.1. The molecule has 0 N–H and O–H groups in total. The van der Waals surface area contributed by atoms with Gasteiger partial charge in [-0.15, -0.1) is 0 Å². The molecule has 1 heterocycles. The van der Waals surface area contributed by atoms with Crippen LogP contribution < -0.4 is 4.90 Å². The van der Waals surface area contributed by atoms with Crippen LogP contribution in [-0.2, 0) is 11.2 Å². The van der Waals surface area contributed by atoms with Gasteiger partial charge in [0.05, 0.1) is 0 Å². The lowest BCUT2D eigenvalue weighted by molar-refractivity contribution is -0.118. The fourth-order valence-electron chi connectivity index (χ4n) is 3.12. The summed E-state index contributed by atoms with van der Waals surface area (Å²) in [5.74, 6) is -0.539. The van der Waals surface area contributed by atoms with E-state index in [-0.39, 0.29) is 30.3 Å². The molecule has 0 bridgehead atoms. The van der Waals surface area contributed by atoms with Crippen molar-refractivity contribution >= 4 is 17.4 Å². The van der Waals surface area contributed by atoms with E-state index in [1.54, 1.807) is 4.90 Å². The molecule has 2 aromatic carbocycles. The molecule has 0 fully saturated rings. The van der Waals surface area contributed by atoms with E-state index in [1.165, 1.54) is 35.4 Å². The zero-order chi connectivity index (χ0) is 17.1. The number of halogens is 1. The number of ketones is 1. The normalized spacial score (nSPS) is 13.5. The van der Waals surface area contributed by atoms with Gasteiger partial charge in [0.1, 0.15) is 5.82 Å². The van der Waals surface area contributed by atoms with Crippen molar-refractivity contribution in [1.82, 2.24) is 0 Å². The Labute approximate surface area is 141 Å². The van der Waals surface area contributed by atoms with Gasteiger partial charge in [0.2, 0.25) is 5.91 Å². The average Bonchev–Trinajstić information content (AvgIpc) is 2.59. The number of fused-ring (bicyclic) bond motifs is 1. The van der Waals surface area contributed by atoms with Crippen molar-refractivity contribution < 1.29 is 14.0 Å². The molecule has 4 heteroatoms. The molecule has 1 aliphatic heterocycles. The molecule has 0 atom stereocenters. The maximum atomic E-state index is 12.9. The van der Waals surface area contributed by atoms with Crippen LogP contribution in [0.1, 0.15) is 40.7 Å². The van der Waals surface area contributed by atoms with Gasteiger partial charge in [-0.1, -0.05) is 17.7 Å². The van der Waals surface area contributed by atoms with Crippen LogP contribution in [0.25, 0.3) is 0 Å². The highest BCUT2D eigenvalue weighted by molar-refractivity contribution is 6.01. The Morgan fingerprint density at radius 3 is 2.58 bits per heavy atom. The number of hydrogen-bond donors (Lipinski definition) is 0. The van der Waals surface area contributed by atoms with E-state index in [1.807, 2.05) is 19.1 Å². The van der Waals surface area contributed by atoms with E-state index in [0.717, 1.165) is 18.5 Å². The number of carbonyl (C=O) groups is 2. The van der Waals surface area contributed by atoms with Crippen LogP contribution in [0.3, 0.4) is 0 Å². The quantitative estimate of drug-likeness (QED) is 0.795. The van der Waals surface area contributed by atoms with E-state index in [4.69, 9.17) is 0 Å². The van der Waals surface area contributed by atoms with Gasteiger partial charge < -0.3 is 4.90 Å². The van der Waals surface area contributed by atoms with Crippen molar-refractivity contribution in [2.24, 2.45) is 0 Å². The predicted octanol–water partition coefficient (Wildman–Crippen LogP) is 4.08. The maximum Gasteiger partial charge on any atom is 0.227 e. The van der Waals surface area contributed by atoms with Gasteiger partial charge in [-0.2, -0.15) is 0 Å². The SMILES string of the molecule is Cc1ccc2c(c1)CCCN2C(=O)CCC(=O)c1ccc(F)cc1. The second-order valence-electron chi connectivity index (χ2n) is 6.21. The molecule has 0 radical (unpaired) electrons. The molecule has 0 unspecified atom stereocenters. The van der Waals surface area contributed by atoms with Crippen molar-refractivity contribution in [1.29, 1.82) is 0 Å². The van der Waals surface area contributed by atoms with E-state index < -0.39 is 0 Å². The largest absolute Gasteiger partial charge is 0.312 e. The molecule has 2 aromatic rings. The Balaban J connectivity index is 1.66. The summed E-state index contributed by atoms with van der Waals surface area (Å²) < 4.78 is 12.9. The smallest absolute Gasteiger partial charge is 0.227 e. The van der Waals surface area contributed by atoms with Gasteiger partial charge in [-0.3, -0.25) is 9.59 Å². The van der Waals surface area contributed by atoms with Crippen LogP contribution in [0.5, 0.6) is 0 Å². The highest BCUT2D eigenvalue weighted by Gasteiger charge is 2.23. The highest BCUT2D eigenvalue weighted by Crippen LogP contribution is 2.28. The Morgan fingerprint density at radius 1 is 1.08 bits per heavy atom. The van der Waals surface area contributed by atoms with E-state index in [0.29, 0.717) is 12.1 Å². The standard InChI is InChI=1S/C20H20FNO2/c1-14-4-9-18-16(13-14)3-2-12-22(18)20(24)11-10-19(23)15-5-7-17(21)8-6-15/h4-9,13H,2-3,10-12H2,1H3. The summed E-state index contributed by atoms with van der Waals surface area (Å²) in [7, 11) is 0. The Hall–Kier alpha value is -2.49. The number of rotatable bonds is 4. The van der Waals surface area contributed by atoms with Crippen LogP contribution in [0.4, 0.5) is 10.1 Å². The number of carbonyl (C=O) groups excluding carboxylic acids is 2. The summed E-state index contributed by atoms with van der Waals surface area (Å²) in [5.41, 5.74) is 3.79. The molecule has 0 spiro atoms. The van der Waals surface area contributed by atoms with Gasteiger partial charge >= 0.3 is 0 Å². The summed E-state index contributed by atoms with van der Waals surface area (Å²) >= 11 is 0. The second-order valence-corrected chi connectivity index (χ2v) is 6.21. The Bertz CT molecular complexity index is 768. The van der Waals surface area contributed by atoms with Gasteiger partial charge in [0.25, 0.3) is 0 Å². The van der Waals surface area contributed by atoms with E-state index in [2.05, 4.69) is 6.07 Å². The number of amides is 1. The molecule has 1 aliphatic rings. The molecular formula is C20H20FNO2. The number of anilines is 1. The van der Waals surface area contributed by atoms with Crippen molar-refractivity contribution in [3.05, 3.63) is 65.0 Å². The average molecular weight is 325 g/mol. The Morgan fingerprint density at radius 2 is 1.83 bits per heavy atom. The van der Waals surface area contributed by atoms with E-state index in [9.17, 15) is 14.0 Å². The lowest BCUT2D eigenvalue weighted by atomic mass is 9.98. The second kappa shape index (κ2) is 6.95. The third kappa shape index (κ3) is 3.53. The predicted molar refractivity (Wildman–Crippen MR) is 91.8 cm³/mol. The summed E-state index contributed by atoms with van der Waals surface area (Å²) in [6.45, 7) is 2.74. The molecule has 1 amide bonds. The van der Waals surface area contributed by atoms with Crippen LogP contribution in [0.2, 0.25) is 0 Å². The lowest BCUT2D eigenvalue weighted by Gasteiger charge is -2.29. The third-order valence-corrected chi connectivity index (χ3v) is 4.39. The van der Waals surface area contributed by atoms with Gasteiger partial charge in [0.15, 0.2) is 5.78 Å². The molecule has 24 heavy (non-hydrogen) atoms. The fourth-order valence-corrected chi connectivity index (χ4v) is 3.12. The zero-order valence-corrected chi connectivity index (χ0v) is 13.7. The lowest BCUT2D eigenvalue weighted by Crippen LogP contribution is -2.35. The first-order chi connectivity index (χ1) is 11.5. The minimum atomic E-state index is -0.372. The first kappa shape index (κ1) is 16.4. The third-order valence-electron chi connectivity index (χ3n) is 4.39. The van der Waals surface area contributed by atoms with E-state index >= 15 is 0 Å². The van der Waals surface area contributed by atoms with Crippen molar-refractivity contribution in [2.75, 3.05) is 11.4 Å². The molecule has 3 rings (SSSR count). The first-order valence-electron chi connectivity index (χ1n) is 8.23. The molecule has 0 aliphatic carbocycles. The molecule has 124 valence electrons. The first-order valence-corrected chi connectivity index (χ1v) is 8.23. The molecule has 0 saturated heterocycles. The fraction of sp³-hybridized carbons (Fsp3) is 0.300. The van der Waals surface area contributed by atoms with Gasteiger partial charge in [0, 0.05) is 30.6 Å². The number of nitrogens with zero attached hydrogens (tertiary/aromatic N) is 1. The van der Waals surface area contributed by atoms with Crippen LogP contribution >= 0.6 is 0 Å². The van der Waals surface area contributed by atoms with Gasteiger partial charge in [-0.05, 0) is 55.7 Å². The summed E-state index contributed by atoms with van der Waals surface area (Å²) in [5, 5.41) is 0. The topological polar surface area (TPSA) is 37.4 Å². The number of Topliss-reactive ketones (excluding diaryl/α,β-unsaturated/α-hetero) is 1. The Kier molecular flexibility index (Phi) is 4.74. The van der Waals surface area contributed by atoms with Crippen LogP contribution in [0, 0.1) is 12.7 Å². The number of benzene rings is 2. The number of hydrogen-bond acceptors (Lipinski definition) is 2. The van der Waals surface area contributed by atoms with Gasteiger partial charge in [-0.25, -0.2) is 4.39 Å². The summed E-state index contributed by atoms with van der Waals surface area (Å²) in [6.07, 6.45) is 2.23. The minimum absolute atomic E-state index is 0.0322. The monoisotopic (exact) mass is 325 g/mol. The summed E-state index contributed by atoms with van der Waals surface area (Å²) in [4.78, 5) is 26.5. The number of aryl methyl sites for hydroxylation is 2. The van der Waals surface area contributed by atoms with Crippen LogP contribution in [0.15, 0.2) is 42.5 Å². The van der Waals surface area contributed by atoms with Crippen molar-refractivity contribution in [3.8, 4) is 0 Å². The zero-order valence-electron chi connectivity index (χ0n) is 13.7. The minimum Gasteiger partial charge on any atom is -0.312 e. The van der Waals surface area contributed by atoms with Crippen molar-refractivity contribution in [2.45, 2.75) is 32.6 Å². The molecule has 0 aromatic heterocycles. The van der Waals surface area contributed by atoms with Crippen molar-refractivity contribution in [3.63, 3.8) is 0 Å².